The van der Waals surface area contributed by atoms with E-state index in [0.29, 0.717) is 25.4 Å². The normalized spacial score (nSPS) is 18.1. The van der Waals surface area contributed by atoms with E-state index in [2.05, 4.69) is 14.9 Å². The number of carbonyl (C=O) groups excluding carboxylic acids is 1. The molecule has 0 N–H and O–H groups in total. The monoisotopic (exact) mass is 320 g/mol. The lowest BCUT2D eigenvalue weighted by atomic mass is 10.2. The van der Waals surface area contributed by atoms with Crippen LogP contribution in [0.2, 0.25) is 5.22 Å². The molecule has 1 saturated heterocycles. The van der Waals surface area contributed by atoms with E-state index in [1.165, 1.54) is 0 Å². The molecular weight excluding hydrogens is 304 g/mol. The average Bonchev–Trinajstić information content (AvgIpc) is 3.16. The van der Waals surface area contributed by atoms with Crippen LogP contribution in [0.5, 0.6) is 0 Å². The SMILES string of the molecule is CN(Cc1ncccn1)C1CCN(C(=O)c2ccc(Cl)o2)C1. The van der Waals surface area contributed by atoms with Crippen molar-refractivity contribution in [1.82, 2.24) is 19.8 Å². The number of hydrogen-bond donors (Lipinski definition) is 0. The predicted octanol–water partition coefficient (Wildman–Crippen LogP) is 2.07. The van der Waals surface area contributed by atoms with Crippen molar-refractivity contribution in [1.29, 1.82) is 0 Å². The zero-order valence-corrected chi connectivity index (χ0v) is 13.0. The van der Waals surface area contributed by atoms with Crippen LogP contribution < -0.4 is 0 Å². The first-order chi connectivity index (χ1) is 10.6. The highest BCUT2D eigenvalue weighted by Gasteiger charge is 2.30. The van der Waals surface area contributed by atoms with Gasteiger partial charge >= 0.3 is 0 Å². The summed E-state index contributed by atoms with van der Waals surface area (Å²) in [6.45, 7) is 2.04. The van der Waals surface area contributed by atoms with E-state index in [4.69, 9.17) is 16.0 Å². The van der Waals surface area contributed by atoms with Crippen molar-refractivity contribution in [3.8, 4) is 0 Å². The van der Waals surface area contributed by atoms with Gasteiger partial charge in [-0.3, -0.25) is 9.69 Å². The van der Waals surface area contributed by atoms with E-state index in [0.717, 1.165) is 12.2 Å². The van der Waals surface area contributed by atoms with Gasteiger partial charge in [-0.05, 0) is 43.3 Å². The molecule has 6 nitrogen and oxygen atoms in total. The number of aromatic nitrogens is 2. The van der Waals surface area contributed by atoms with E-state index in [1.54, 1.807) is 35.5 Å². The highest BCUT2D eigenvalue weighted by molar-refractivity contribution is 6.29. The van der Waals surface area contributed by atoms with E-state index in [-0.39, 0.29) is 17.2 Å². The maximum Gasteiger partial charge on any atom is 0.289 e. The first-order valence-electron chi connectivity index (χ1n) is 7.14. The topological polar surface area (TPSA) is 62.5 Å². The largest absolute Gasteiger partial charge is 0.440 e. The van der Waals surface area contributed by atoms with E-state index < -0.39 is 0 Å². The van der Waals surface area contributed by atoms with Crippen LogP contribution in [-0.4, -0.2) is 51.9 Å². The Balaban J connectivity index is 1.58. The molecule has 1 fully saturated rings. The molecule has 0 bridgehead atoms. The molecule has 116 valence electrons. The Morgan fingerprint density at radius 1 is 1.45 bits per heavy atom. The molecule has 1 amide bonds. The maximum absolute atomic E-state index is 12.3. The lowest BCUT2D eigenvalue weighted by molar-refractivity contribution is 0.0748. The predicted molar refractivity (Wildman–Crippen MR) is 81.5 cm³/mol. The van der Waals surface area contributed by atoms with E-state index >= 15 is 0 Å². The molecule has 1 unspecified atom stereocenters. The van der Waals surface area contributed by atoms with Crippen LogP contribution in [-0.2, 0) is 6.54 Å². The zero-order valence-electron chi connectivity index (χ0n) is 12.3. The Bertz CT molecular complexity index is 646. The lowest BCUT2D eigenvalue weighted by Gasteiger charge is -2.23. The fourth-order valence-electron chi connectivity index (χ4n) is 2.63. The van der Waals surface area contributed by atoms with Crippen LogP contribution >= 0.6 is 11.6 Å². The zero-order chi connectivity index (χ0) is 15.5. The second-order valence-corrected chi connectivity index (χ2v) is 5.75. The molecule has 1 aliphatic rings. The van der Waals surface area contributed by atoms with E-state index in [1.807, 2.05) is 7.05 Å². The van der Waals surface area contributed by atoms with Crippen LogP contribution in [0.25, 0.3) is 0 Å². The Labute approximate surface area is 133 Å². The summed E-state index contributed by atoms with van der Waals surface area (Å²) >= 11 is 5.72. The van der Waals surface area contributed by atoms with Crippen LogP contribution in [0.4, 0.5) is 0 Å². The molecule has 3 heterocycles. The van der Waals surface area contributed by atoms with Gasteiger partial charge in [-0.15, -0.1) is 0 Å². The highest BCUT2D eigenvalue weighted by Crippen LogP contribution is 2.20. The highest BCUT2D eigenvalue weighted by atomic mass is 35.5. The molecule has 22 heavy (non-hydrogen) atoms. The number of likely N-dealkylation sites (tertiary alicyclic amines) is 1. The number of carbonyl (C=O) groups is 1. The number of amides is 1. The smallest absolute Gasteiger partial charge is 0.289 e. The molecule has 0 saturated carbocycles. The molecular formula is C15H17ClN4O2. The minimum atomic E-state index is -0.112. The van der Waals surface area contributed by atoms with Crippen molar-refractivity contribution in [2.24, 2.45) is 0 Å². The minimum Gasteiger partial charge on any atom is -0.440 e. The fraction of sp³-hybridized carbons (Fsp3) is 0.400. The van der Waals surface area contributed by atoms with Gasteiger partial charge in [-0.2, -0.15) is 0 Å². The standard InChI is InChI=1S/C15H17ClN4O2/c1-19(10-14-17-6-2-7-18-14)11-5-8-20(9-11)15(21)12-3-4-13(16)22-12/h2-4,6-7,11H,5,8-10H2,1H3. The molecule has 3 rings (SSSR count). The van der Waals surface area contributed by atoms with Crippen molar-refractivity contribution < 1.29 is 9.21 Å². The lowest BCUT2D eigenvalue weighted by Crippen LogP contribution is -2.36. The molecule has 1 aliphatic heterocycles. The molecule has 2 aromatic rings. The van der Waals surface area contributed by atoms with Crippen LogP contribution in [0.15, 0.2) is 35.0 Å². The second kappa shape index (κ2) is 6.46. The number of halogens is 1. The molecule has 0 aromatic carbocycles. The molecule has 0 aliphatic carbocycles. The number of hydrogen-bond acceptors (Lipinski definition) is 5. The first kappa shape index (κ1) is 15.0. The number of likely N-dealkylation sites (N-methyl/N-ethyl adjacent to an activating group) is 1. The van der Waals surface area contributed by atoms with Crippen LogP contribution in [0.1, 0.15) is 22.8 Å². The second-order valence-electron chi connectivity index (χ2n) is 5.38. The van der Waals surface area contributed by atoms with Gasteiger partial charge < -0.3 is 9.32 Å². The third-order valence-electron chi connectivity index (χ3n) is 3.87. The summed E-state index contributed by atoms with van der Waals surface area (Å²) in [5.41, 5.74) is 0. The van der Waals surface area contributed by atoms with Gasteiger partial charge in [0.05, 0.1) is 6.54 Å². The van der Waals surface area contributed by atoms with Gasteiger partial charge in [-0.25, -0.2) is 9.97 Å². The van der Waals surface area contributed by atoms with Crippen molar-refractivity contribution in [3.63, 3.8) is 0 Å². The molecule has 1 atom stereocenters. The Hall–Kier alpha value is -1.92. The summed E-state index contributed by atoms with van der Waals surface area (Å²) in [6, 6.07) is 5.28. The van der Waals surface area contributed by atoms with Gasteiger partial charge in [0.25, 0.3) is 5.91 Å². The third-order valence-corrected chi connectivity index (χ3v) is 4.07. The molecule has 7 heteroatoms. The van der Waals surface area contributed by atoms with Gasteiger partial charge in [-0.1, -0.05) is 0 Å². The van der Waals surface area contributed by atoms with Crippen molar-refractivity contribution >= 4 is 17.5 Å². The van der Waals surface area contributed by atoms with Crippen LogP contribution in [0, 0.1) is 0 Å². The fourth-order valence-corrected chi connectivity index (χ4v) is 2.78. The summed E-state index contributed by atoms with van der Waals surface area (Å²) < 4.78 is 5.19. The van der Waals surface area contributed by atoms with Crippen molar-refractivity contribution in [2.45, 2.75) is 19.0 Å². The Morgan fingerprint density at radius 3 is 2.91 bits per heavy atom. The molecule has 2 aromatic heterocycles. The quantitative estimate of drug-likeness (QED) is 0.863. The number of furan rings is 1. The third kappa shape index (κ3) is 3.28. The van der Waals surface area contributed by atoms with Crippen molar-refractivity contribution in [2.75, 3.05) is 20.1 Å². The average molecular weight is 321 g/mol. The Morgan fingerprint density at radius 2 is 2.23 bits per heavy atom. The molecule has 0 spiro atoms. The maximum atomic E-state index is 12.3. The summed E-state index contributed by atoms with van der Waals surface area (Å²) in [5.74, 6) is 0.964. The number of rotatable bonds is 4. The summed E-state index contributed by atoms with van der Waals surface area (Å²) in [4.78, 5) is 24.8. The summed E-state index contributed by atoms with van der Waals surface area (Å²) in [7, 11) is 2.03. The van der Waals surface area contributed by atoms with Gasteiger partial charge in [0.15, 0.2) is 11.0 Å². The van der Waals surface area contributed by atoms with Gasteiger partial charge in [0.2, 0.25) is 0 Å². The van der Waals surface area contributed by atoms with Crippen molar-refractivity contribution in [3.05, 3.63) is 47.4 Å². The van der Waals surface area contributed by atoms with Gasteiger partial charge in [0, 0.05) is 31.5 Å². The first-order valence-corrected chi connectivity index (χ1v) is 7.52. The number of nitrogens with zero attached hydrogens (tertiary/aromatic N) is 4. The summed E-state index contributed by atoms with van der Waals surface area (Å²) in [5, 5.41) is 0.234. The Kier molecular flexibility index (Phi) is 4.40. The minimum absolute atomic E-state index is 0.112. The van der Waals surface area contributed by atoms with Crippen LogP contribution in [0.3, 0.4) is 0 Å². The summed E-state index contributed by atoms with van der Waals surface area (Å²) in [6.07, 6.45) is 4.39. The molecule has 0 radical (unpaired) electrons. The van der Waals surface area contributed by atoms with E-state index in [9.17, 15) is 4.79 Å². The van der Waals surface area contributed by atoms with Gasteiger partial charge in [0.1, 0.15) is 5.82 Å².